The molecule has 0 aliphatic rings. The molecular formula is C14H15N3O2. The maximum atomic E-state index is 11.8. The van der Waals surface area contributed by atoms with Crippen LogP contribution < -0.4 is 16.6 Å². The fourth-order valence-corrected chi connectivity index (χ4v) is 1.66. The highest BCUT2D eigenvalue weighted by molar-refractivity contribution is 5.91. The van der Waals surface area contributed by atoms with E-state index >= 15 is 0 Å². The van der Waals surface area contributed by atoms with Gasteiger partial charge in [0.25, 0.3) is 5.56 Å². The van der Waals surface area contributed by atoms with Crippen LogP contribution in [-0.4, -0.2) is 10.5 Å². The zero-order valence-corrected chi connectivity index (χ0v) is 10.6. The van der Waals surface area contributed by atoms with Crippen LogP contribution in [0.4, 0.5) is 11.4 Å². The number of benzene rings is 1. The van der Waals surface area contributed by atoms with E-state index in [2.05, 4.69) is 5.32 Å². The summed E-state index contributed by atoms with van der Waals surface area (Å²) in [5.74, 6) is -0.267. The molecule has 1 aromatic carbocycles. The van der Waals surface area contributed by atoms with E-state index in [0.29, 0.717) is 11.4 Å². The molecule has 1 amide bonds. The lowest BCUT2D eigenvalue weighted by Crippen LogP contribution is -2.26. The van der Waals surface area contributed by atoms with Crippen LogP contribution in [0.25, 0.3) is 0 Å². The van der Waals surface area contributed by atoms with Crippen molar-refractivity contribution in [3.05, 3.63) is 58.5 Å². The van der Waals surface area contributed by atoms with Crippen molar-refractivity contribution in [1.29, 1.82) is 0 Å². The van der Waals surface area contributed by atoms with Gasteiger partial charge in [-0.05, 0) is 30.7 Å². The second kappa shape index (κ2) is 5.39. The molecule has 0 saturated heterocycles. The number of nitrogens with one attached hydrogen (secondary N) is 1. The minimum atomic E-state index is -0.267. The summed E-state index contributed by atoms with van der Waals surface area (Å²) in [6.45, 7) is 1.87. The average Bonchev–Trinajstić information content (AvgIpc) is 2.37. The van der Waals surface area contributed by atoms with E-state index < -0.39 is 0 Å². The van der Waals surface area contributed by atoms with E-state index in [4.69, 9.17) is 5.73 Å². The number of amides is 1. The summed E-state index contributed by atoms with van der Waals surface area (Å²) < 4.78 is 1.34. The second-order valence-corrected chi connectivity index (χ2v) is 4.29. The molecule has 2 rings (SSSR count). The van der Waals surface area contributed by atoms with Crippen LogP contribution in [0, 0.1) is 6.92 Å². The van der Waals surface area contributed by atoms with Crippen molar-refractivity contribution in [2.45, 2.75) is 13.5 Å². The lowest BCUT2D eigenvalue weighted by Gasteiger charge is -2.08. The molecule has 19 heavy (non-hydrogen) atoms. The Morgan fingerprint density at radius 1 is 1.32 bits per heavy atom. The maximum absolute atomic E-state index is 11.8. The van der Waals surface area contributed by atoms with E-state index in [1.807, 2.05) is 13.0 Å². The average molecular weight is 257 g/mol. The number of nitrogens with two attached hydrogens (primary N) is 1. The molecule has 0 spiro atoms. The van der Waals surface area contributed by atoms with Crippen molar-refractivity contribution in [1.82, 2.24) is 4.57 Å². The molecule has 0 saturated carbocycles. The lowest BCUT2D eigenvalue weighted by atomic mass is 10.2. The van der Waals surface area contributed by atoms with E-state index in [1.54, 1.807) is 30.5 Å². The first-order valence-electron chi connectivity index (χ1n) is 5.88. The number of pyridine rings is 1. The molecule has 0 bridgehead atoms. The summed E-state index contributed by atoms with van der Waals surface area (Å²) in [5, 5.41) is 2.71. The normalized spacial score (nSPS) is 10.2. The van der Waals surface area contributed by atoms with E-state index in [9.17, 15) is 9.59 Å². The Morgan fingerprint density at radius 2 is 2.11 bits per heavy atom. The molecule has 2 aromatic rings. The number of carbonyl (C=O) groups excluding carboxylic acids is 1. The van der Waals surface area contributed by atoms with Gasteiger partial charge >= 0.3 is 0 Å². The van der Waals surface area contributed by atoms with Crippen molar-refractivity contribution in [2.24, 2.45) is 0 Å². The summed E-state index contributed by atoms with van der Waals surface area (Å²) in [4.78, 5) is 23.3. The third-order valence-corrected chi connectivity index (χ3v) is 2.78. The lowest BCUT2D eigenvalue weighted by molar-refractivity contribution is -0.116. The largest absolute Gasteiger partial charge is 0.398 e. The van der Waals surface area contributed by atoms with Crippen molar-refractivity contribution >= 4 is 17.3 Å². The molecule has 0 aliphatic heterocycles. The van der Waals surface area contributed by atoms with Crippen LogP contribution in [0.1, 0.15) is 5.56 Å². The van der Waals surface area contributed by atoms with Gasteiger partial charge in [-0.15, -0.1) is 0 Å². The van der Waals surface area contributed by atoms with Crippen molar-refractivity contribution < 1.29 is 4.79 Å². The van der Waals surface area contributed by atoms with Crippen LogP contribution in [0.15, 0.2) is 47.4 Å². The van der Waals surface area contributed by atoms with E-state index in [-0.39, 0.29) is 18.0 Å². The monoisotopic (exact) mass is 257 g/mol. The minimum absolute atomic E-state index is 0.0204. The summed E-state index contributed by atoms with van der Waals surface area (Å²) in [5.41, 5.74) is 7.76. The highest BCUT2D eigenvalue weighted by Crippen LogP contribution is 2.16. The Morgan fingerprint density at radius 3 is 2.79 bits per heavy atom. The number of carbonyl (C=O) groups is 1. The van der Waals surface area contributed by atoms with Gasteiger partial charge in [0.05, 0.1) is 0 Å². The molecule has 0 unspecified atom stereocenters. The van der Waals surface area contributed by atoms with Gasteiger partial charge in [0.1, 0.15) is 6.54 Å². The highest BCUT2D eigenvalue weighted by Gasteiger charge is 2.05. The molecule has 98 valence electrons. The third-order valence-electron chi connectivity index (χ3n) is 2.78. The maximum Gasteiger partial charge on any atom is 0.250 e. The second-order valence-electron chi connectivity index (χ2n) is 4.29. The number of nitrogens with zero attached hydrogens (tertiary/aromatic N) is 1. The minimum Gasteiger partial charge on any atom is -0.398 e. The van der Waals surface area contributed by atoms with Gasteiger partial charge in [0.15, 0.2) is 0 Å². The number of aromatic nitrogens is 1. The van der Waals surface area contributed by atoms with Gasteiger partial charge in [0.2, 0.25) is 5.91 Å². The number of anilines is 2. The molecule has 0 fully saturated rings. The number of hydrogen-bond donors (Lipinski definition) is 2. The smallest absolute Gasteiger partial charge is 0.250 e. The first-order valence-corrected chi connectivity index (χ1v) is 5.88. The van der Waals surface area contributed by atoms with Crippen molar-refractivity contribution in [3.63, 3.8) is 0 Å². The van der Waals surface area contributed by atoms with Gasteiger partial charge in [-0.1, -0.05) is 12.1 Å². The number of nitrogen functional groups attached to an aromatic ring is 1. The molecule has 1 heterocycles. The fourth-order valence-electron chi connectivity index (χ4n) is 1.66. The van der Waals surface area contributed by atoms with E-state index in [1.165, 1.54) is 10.6 Å². The quantitative estimate of drug-likeness (QED) is 0.815. The Kier molecular flexibility index (Phi) is 3.66. The van der Waals surface area contributed by atoms with Crippen LogP contribution in [0.3, 0.4) is 0 Å². The molecule has 3 N–H and O–H groups in total. The zero-order chi connectivity index (χ0) is 13.8. The summed E-state index contributed by atoms with van der Waals surface area (Å²) in [6.07, 6.45) is 1.57. The predicted octanol–water partition coefficient (Wildman–Crippen LogP) is 1.38. The highest BCUT2D eigenvalue weighted by atomic mass is 16.2. The number of rotatable bonds is 3. The van der Waals surface area contributed by atoms with Crippen LogP contribution >= 0.6 is 0 Å². The molecular weight excluding hydrogens is 242 g/mol. The van der Waals surface area contributed by atoms with Crippen LogP contribution in [0.5, 0.6) is 0 Å². The van der Waals surface area contributed by atoms with Crippen molar-refractivity contribution in [2.75, 3.05) is 11.1 Å². The van der Waals surface area contributed by atoms with Crippen LogP contribution in [0.2, 0.25) is 0 Å². The molecule has 0 aliphatic carbocycles. The topological polar surface area (TPSA) is 77.1 Å². The van der Waals surface area contributed by atoms with Gasteiger partial charge in [-0.2, -0.15) is 0 Å². The Bertz CT molecular complexity index is 662. The van der Waals surface area contributed by atoms with Crippen LogP contribution in [-0.2, 0) is 11.3 Å². The summed E-state index contributed by atoms with van der Waals surface area (Å²) >= 11 is 0. The Hall–Kier alpha value is -2.56. The first-order chi connectivity index (χ1) is 9.06. The van der Waals surface area contributed by atoms with E-state index in [0.717, 1.165) is 5.56 Å². The molecule has 5 heteroatoms. The first kappa shape index (κ1) is 12.9. The Balaban J connectivity index is 2.08. The van der Waals surface area contributed by atoms with Gasteiger partial charge < -0.3 is 15.6 Å². The summed E-state index contributed by atoms with van der Waals surface area (Å²) in [7, 11) is 0. The van der Waals surface area contributed by atoms with Crippen molar-refractivity contribution in [3.8, 4) is 0 Å². The SMILES string of the molecule is Cc1ccc(NC(=O)Cn2ccccc2=O)cc1N. The number of hydrogen-bond acceptors (Lipinski definition) is 3. The van der Waals surface area contributed by atoms with Gasteiger partial charge in [-0.3, -0.25) is 9.59 Å². The molecule has 0 atom stereocenters. The fraction of sp³-hybridized carbons (Fsp3) is 0.143. The van der Waals surface area contributed by atoms with Gasteiger partial charge in [-0.25, -0.2) is 0 Å². The molecule has 5 nitrogen and oxygen atoms in total. The molecule has 1 aromatic heterocycles. The Labute approximate surface area is 110 Å². The standard InChI is InChI=1S/C14H15N3O2/c1-10-5-6-11(8-12(10)15)16-13(18)9-17-7-3-2-4-14(17)19/h2-8H,9,15H2,1H3,(H,16,18). The third kappa shape index (κ3) is 3.22. The number of aryl methyl sites for hydroxylation is 1. The van der Waals surface area contributed by atoms with Gasteiger partial charge in [0, 0.05) is 23.6 Å². The molecule has 0 radical (unpaired) electrons. The zero-order valence-electron chi connectivity index (χ0n) is 10.6. The summed E-state index contributed by atoms with van der Waals surface area (Å²) in [6, 6.07) is 10.1. The predicted molar refractivity (Wildman–Crippen MR) is 74.9 cm³/mol.